The fraction of sp³-hybridized carbons (Fsp3) is 0.379. The molecule has 2 N–H and O–H groups in total. The van der Waals surface area contributed by atoms with Crippen molar-refractivity contribution in [2.75, 3.05) is 20.2 Å². The summed E-state index contributed by atoms with van der Waals surface area (Å²) in [5.74, 6) is 0.877. The van der Waals surface area contributed by atoms with Crippen LogP contribution in [0.4, 0.5) is 0 Å². The van der Waals surface area contributed by atoms with Crippen LogP contribution in [0.1, 0.15) is 37.7 Å². The van der Waals surface area contributed by atoms with Crippen LogP contribution in [0.3, 0.4) is 0 Å². The predicted octanol–water partition coefficient (Wildman–Crippen LogP) is 4.37. The molecule has 1 saturated heterocycles. The molecule has 1 unspecified atom stereocenters. The third-order valence-corrected chi connectivity index (χ3v) is 10.7. The Morgan fingerprint density at radius 2 is 1.51 bits per heavy atom. The molecule has 2 aromatic carbocycles. The van der Waals surface area contributed by atoms with Crippen molar-refractivity contribution < 1.29 is 27.9 Å². The summed E-state index contributed by atoms with van der Waals surface area (Å²) in [4.78, 5) is 19.5. The van der Waals surface area contributed by atoms with Crippen LogP contribution >= 0.6 is 0 Å². The summed E-state index contributed by atoms with van der Waals surface area (Å²) in [5.41, 5.74) is 2.58. The largest absolute Gasteiger partial charge is 0.497 e. The van der Waals surface area contributed by atoms with Gasteiger partial charge in [-0.1, -0.05) is 0 Å². The smallest absolute Gasteiger partial charge is 0.265 e. The molecule has 1 aromatic heterocycles. The average molecular weight is 552 g/mol. The number of piperidine rings is 1. The number of rotatable bonds is 8. The number of pyridine rings is 1. The van der Waals surface area contributed by atoms with Crippen molar-refractivity contribution in [1.29, 1.82) is 0 Å². The molecular weight excluding hydrogens is 518 g/mol. The van der Waals surface area contributed by atoms with E-state index >= 15 is 0 Å². The molecule has 1 atom stereocenters. The number of carbonyl (C=O) groups excluding carboxylic acids is 1. The molecule has 1 aliphatic heterocycles. The maximum Gasteiger partial charge on any atom is 0.265 e. The van der Waals surface area contributed by atoms with E-state index in [1.807, 2.05) is 12.1 Å². The van der Waals surface area contributed by atoms with Crippen molar-refractivity contribution in [3.8, 4) is 17.2 Å². The number of nitrogens with one attached hydrogen (secondary N) is 1. The Bertz CT molecular complexity index is 1390. The molecule has 3 aromatic rings. The van der Waals surface area contributed by atoms with Crippen molar-refractivity contribution in [3.05, 3.63) is 78.6 Å². The van der Waals surface area contributed by atoms with E-state index in [4.69, 9.17) is 9.47 Å². The molecule has 1 amide bonds. The van der Waals surface area contributed by atoms with Crippen molar-refractivity contribution in [2.24, 2.45) is 5.41 Å². The highest BCUT2D eigenvalue weighted by Crippen LogP contribution is 2.55. The molecule has 1 aliphatic carbocycles. The molecular formula is C29H33N3O6S. The van der Waals surface area contributed by atoms with Gasteiger partial charge in [0, 0.05) is 18.9 Å². The van der Waals surface area contributed by atoms with E-state index in [1.165, 1.54) is 17.7 Å². The minimum absolute atomic E-state index is 0.0281. The minimum Gasteiger partial charge on any atom is -0.497 e. The number of carbonyl (C=O) groups is 1. The van der Waals surface area contributed by atoms with Crippen molar-refractivity contribution in [3.63, 3.8) is 0 Å². The number of hydroxylamine groups is 1. The van der Waals surface area contributed by atoms with Gasteiger partial charge in [0.05, 0.1) is 12.0 Å². The molecule has 2 fully saturated rings. The van der Waals surface area contributed by atoms with E-state index in [0.717, 1.165) is 32.5 Å². The Morgan fingerprint density at radius 3 is 2.10 bits per heavy atom. The second-order valence-electron chi connectivity index (χ2n) is 10.5. The van der Waals surface area contributed by atoms with Crippen molar-refractivity contribution in [2.45, 2.75) is 48.3 Å². The minimum atomic E-state index is -4.11. The number of sulfone groups is 1. The van der Waals surface area contributed by atoms with E-state index in [-0.39, 0.29) is 23.2 Å². The van der Waals surface area contributed by atoms with Gasteiger partial charge >= 0.3 is 0 Å². The maximum absolute atomic E-state index is 14.0. The van der Waals surface area contributed by atoms with Gasteiger partial charge in [-0.25, -0.2) is 13.9 Å². The third-order valence-electron chi connectivity index (χ3n) is 8.25. The zero-order valence-corrected chi connectivity index (χ0v) is 22.7. The molecule has 0 bridgehead atoms. The molecule has 9 nitrogen and oxygen atoms in total. The number of benzene rings is 2. The van der Waals surface area contributed by atoms with Gasteiger partial charge < -0.3 is 9.47 Å². The van der Waals surface area contributed by atoms with Crippen LogP contribution in [0.25, 0.3) is 0 Å². The first-order valence-electron chi connectivity index (χ1n) is 13.0. The summed E-state index contributed by atoms with van der Waals surface area (Å²) in [6, 6.07) is 17.1. The zero-order chi connectivity index (χ0) is 27.5. The van der Waals surface area contributed by atoms with Crippen LogP contribution in [0, 0.1) is 5.41 Å². The van der Waals surface area contributed by atoms with E-state index in [0.29, 0.717) is 23.7 Å². The van der Waals surface area contributed by atoms with Crippen LogP contribution in [0.15, 0.2) is 78.0 Å². The van der Waals surface area contributed by atoms with Crippen LogP contribution in [-0.2, 0) is 21.2 Å². The zero-order valence-electron chi connectivity index (χ0n) is 21.9. The van der Waals surface area contributed by atoms with E-state index < -0.39 is 20.5 Å². The number of amides is 1. The van der Waals surface area contributed by atoms with Crippen molar-refractivity contribution >= 4 is 15.7 Å². The lowest BCUT2D eigenvalue weighted by atomic mass is 9.76. The van der Waals surface area contributed by atoms with E-state index in [9.17, 15) is 18.4 Å². The SMILES string of the molecule is COc1ccc(Oc2ccc(S(=O)(=O)C3(C(=O)NO)CCC4(CCN(Cc5ccncc5)CC4)C3)cc2)cc1. The van der Waals surface area contributed by atoms with Gasteiger partial charge in [-0.15, -0.1) is 0 Å². The van der Waals surface area contributed by atoms with Crippen LogP contribution in [0.2, 0.25) is 0 Å². The fourth-order valence-electron chi connectivity index (χ4n) is 5.95. The van der Waals surface area contributed by atoms with Gasteiger partial charge in [-0.2, -0.15) is 0 Å². The van der Waals surface area contributed by atoms with Gasteiger partial charge in [0.25, 0.3) is 5.91 Å². The topological polar surface area (TPSA) is 118 Å². The number of hydrogen-bond donors (Lipinski definition) is 2. The Morgan fingerprint density at radius 1 is 0.923 bits per heavy atom. The monoisotopic (exact) mass is 551 g/mol. The average Bonchev–Trinajstić information content (AvgIpc) is 3.36. The van der Waals surface area contributed by atoms with Crippen LogP contribution < -0.4 is 15.0 Å². The Hall–Kier alpha value is -3.47. The van der Waals surface area contributed by atoms with Crippen LogP contribution in [-0.4, -0.2) is 54.4 Å². The van der Waals surface area contributed by atoms with Crippen molar-refractivity contribution in [1.82, 2.24) is 15.4 Å². The van der Waals surface area contributed by atoms with Gasteiger partial charge in [-0.05, 0) is 117 Å². The number of hydrogen-bond acceptors (Lipinski definition) is 8. The fourth-order valence-corrected chi connectivity index (χ4v) is 8.05. The summed E-state index contributed by atoms with van der Waals surface area (Å²) >= 11 is 0. The first-order chi connectivity index (χ1) is 18.8. The lowest BCUT2D eigenvalue weighted by molar-refractivity contribution is -0.132. The lowest BCUT2D eigenvalue weighted by Gasteiger charge is -2.40. The Labute approximate surface area is 228 Å². The normalized spacial score (nSPS) is 21.0. The summed E-state index contributed by atoms with van der Waals surface area (Å²) in [7, 11) is -2.53. The molecule has 1 saturated carbocycles. The van der Waals surface area contributed by atoms with E-state index in [2.05, 4.69) is 9.88 Å². The highest BCUT2D eigenvalue weighted by atomic mass is 32.2. The highest BCUT2D eigenvalue weighted by molar-refractivity contribution is 7.93. The Kier molecular flexibility index (Phi) is 7.61. The number of aromatic nitrogens is 1. The molecule has 0 radical (unpaired) electrons. The second kappa shape index (κ2) is 11.0. The molecule has 39 heavy (non-hydrogen) atoms. The Balaban J connectivity index is 1.31. The summed E-state index contributed by atoms with van der Waals surface area (Å²) < 4.78 is 37.2. The lowest BCUT2D eigenvalue weighted by Crippen LogP contribution is -2.51. The number of nitrogens with zero attached hydrogens (tertiary/aromatic N) is 2. The second-order valence-corrected chi connectivity index (χ2v) is 12.8. The van der Waals surface area contributed by atoms with Gasteiger partial charge in [0.2, 0.25) is 0 Å². The summed E-state index contributed by atoms with van der Waals surface area (Å²) in [5, 5.41) is 9.60. The molecule has 2 aliphatic rings. The number of ether oxygens (including phenoxy) is 2. The molecule has 206 valence electrons. The van der Waals surface area contributed by atoms with Gasteiger partial charge in [0.15, 0.2) is 14.6 Å². The maximum atomic E-state index is 14.0. The first kappa shape index (κ1) is 27.1. The number of methoxy groups -OCH3 is 1. The molecule has 5 rings (SSSR count). The number of likely N-dealkylation sites (tertiary alicyclic amines) is 1. The van der Waals surface area contributed by atoms with Gasteiger partial charge in [0.1, 0.15) is 17.2 Å². The summed E-state index contributed by atoms with van der Waals surface area (Å²) in [6.45, 7) is 2.44. The molecule has 2 heterocycles. The standard InChI is InChI=1S/C29H33N3O6S/c1-37-23-2-4-24(5-3-23)38-25-6-8-26(9-7-25)39(35,36)29(27(33)31-34)13-12-28(21-29)14-18-32(19-15-28)20-22-10-16-30-17-11-22/h2-11,16-17,34H,12-15,18-21H2,1H3,(H,31,33). The highest BCUT2D eigenvalue weighted by Gasteiger charge is 2.60. The predicted molar refractivity (Wildman–Crippen MR) is 144 cm³/mol. The van der Waals surface area contributed by atoms with E-state index in [1.54, 1.807) is 61.4 Å². The molecule has 10 heteroatoms. The quantitative estimate of drug-likeness (QED) is 0.313. The summed E-state index contributed by atoms with van der Waals surface area (Å²) in [6.07, 6.45) is 6.11. The third kappa shape index (κ3) is 5.36. The first-order valence-corrected chi connectivity index (χ1v) is 14.5. The van der Waals surface area contributed by atoms with Crippen LogP contribution in [0.5, 0.6) is 17.2 Å². The molecule has 1 spiro atoms. The van der Waals surface area contributed by atoms with Gasteiger partial charge in [-0.3, -0.25) is 19.9 Å².